The van der Waals surface area contributed by atoms with E-state index in [1.165, 1.54) is 12.8 Å². The quantitative estimate of drug-likeness (QED) is 0.601. The van der Waals surface area contributed by atoms with Crippen molar-refractivity contribution in [2.24, 2.45) is 0 Å². The van der Waals surface area contributed by atoms with E-state index in [1.807, 2.05) is 38.4 Å². The Morgan fingerprint density at radius 2 is 1.70 bits per heavy atom. The molecule has 23 heavy (non-hydrogen) atoms. The molecule has 0 aromatic heterocycles. The molecule has 1 N–H and O–H groups in total. The third-order valence-electron chi connectivity index (χ3n) is 3.31. The first-order chi connectivity index (χ1) is 11.1. The van der Waals surface area contributed by atoms with Crippen molar-refractivity contribution in [3.05, 3.63) is 24.3 Å². The number of carbonyl (C=O) groups is 1. The van der Waals surface area contributed by atoms with Gasteiger partial charge >= 0.3 is 0 Å². The summed E-state index contributed by atoms with van der Waals surface area (Å²) in [5.41, 5.74) is 0. The Bertz CT molecular complexity index is 432. The number of nitrogens with one attached hydrogen (secondary N) is 1. The standard InChI is InChI=1S/C18H30N2O3/c1-4-5-6-14-22-16-8-10-17(11-9-16)23-15-18(21)19-12-7-13-20(2)3/h8-11H,4-7,12-15H2,1-3H3,(H,19,21). The van der Waals surface area contributed by atoms with Crippen molar-refractivity contribution < 1.29 is 14.3 Å². The molecule has 1 aromatic carbocycles. The minimum Gasteiger partial charge on any atom is -0.494 e. The molecule has 5 nitrogen and oxygen atoms in total. The van der Waals surface area contributed by atoms with E-state index in [9.17, 15) is 4.79 Å². The average molecular weight is 322 g/mol. The Labute approximate surface area is 140 Å². The zero-order valence-corrected chi connectivity index (χ0v) is 14.6. The Kier molecular flexibility index (Phi) is 9.87. The van der Waals surface area contributed by atoms with Crippen LogP contribution < -0.4 is 14.8 Å². The van der Waals surface area contributed by atoms with Crippen molar-refractivity contribution >= 4 is 5.91 Å². The first-order valence-corrected chi connectivity index (χ1v) is 8.39. The largest absolute Gasteiger partial charge is 0.494 e. The number of amides is 1. The van der Waals surface area contributed by atoms with Crippen LogP contribution in [0.1, 0.15) is 32.6 Å². The van der Waals surface area contributed by atoms with E-state index in [4.69, 9.17) is 9.47 Å². The summed E-state index contributed by atoms with van der Waals surface area (Å²) in [5, 5.41) is 2.84. The fourth-order valence-electron chi connectivity index (χ4n) is 2.00. The lowest BCUT2D eigenvalue weighted by Gasteiger charge is -2.11. The summed E-state index contributed by atoms with van der Waals surface area (Å²) in [7, 11) is 4.03. The van der Waals surface area contributed by atoms with E-state index in [0.29, 0.717) is 12.3 Å². The molecule has 0 bridgehead atoms. The molecule has 5 heteroatoms. The van der Waals surface area contributed by atoms with Gasteiger partial charge in [0.15, 0.2) is 6.61 Å². The second-order valence-electron chi connectivity index (χ2n) is 5.82. The van der Waals surface area contributed by atoms with Crippen LogP contribution in [0.3, 0.4) is 0 Å². The van der Waals surface area contributed by atoms with Crippen LogP contribution in [-0.2, 0) is 4.79 Å². The van der Waals surface area contributed by atoms with Crippen LogP contribution in [0.4, 0.5) is 0 Å². The third kappa shape index (κ3) is 9.79. The maximum Gasteiger partial charge on any atom is 0.257 e. The molecule has 1 aromatic rings. The zero-order chi connectivity index (χ0) is 16.9. The van der Waals surface area contributed by atoms with Gasteiger partial charge in [-0.15, -0.1) is 0 Å². The lowest BCUT2D eigenvalue weighted by atomic mass is 10.3. The molecule has 0 aliphatic rings. The van der Waals surface area contributed by atoms with Gasteiger partial charge in [-0.05, 0) is 57.7 Å². The van der Waals surface area contributed by atoms with E-state index in [-0.39, 0.29) is 12.5 Å². The van der Waals surface area contributed by atoms with Gasteiger partial charge in [0.05, 0.1) is 6.61 Å². The molecule has 0 aliphatic carbocycles. The smallest absolute Gasteiger partial charge is 0.257 e. The molecule has 1 rings (SSSR count). The topological polar surface area (TPSA) is 50.8 Å². The predicted octanol–water partition coefficient (Wildman–Crippen LogP) is 2.70. The summed E-state index contributed by atoms with van der Waals surface area (Å²) in [6, 6.07) is 7.40. The summed E-state index contributed by atoms with van der Waals surface area (Å²) in [4.78, 5) is 13.7. The number of nitrogens with zero attached hydrogens (tertiary/aromatic N) is 1. The number of hydrogen-bond donors (Lipinski definition) is 1. The van der Waals surface area contributed by atoms with Gasteiger partial charge in [-0.2, -0.15) is 0 Å². The summed E-state index contributed by atoms with van der Waals surface area (Å²) in [6.45, 7) is 4.58. The number of ether oxygens (including phenoxy) is 2. The maximum absolute atomic E-state index is 11.7. The van der Waals surface area contributed by atoms with E-state index in [2.05, 4.69) is 17.1 Å². The fourth-order valence-corrected chi connectivity index (χ4v) is 2.00. The van der Waals surface area contributed by atoms with E-state index in [0.717, 1.165) is 31.7 Å². The van der Waals surface area contributed by atoms with Gasteiger partial charge in [-0.3, -0.25) is 4.79 Å². The first kappa shape index (κ1) is 19.3. The van der Waals surface area contributed by atoms with Gasteiger partial charge in [-0.25, -0.2) is 0 Å². The van der Waals surface area contributed by atoms with Crippen LogP contribution in [0.2, 0.25) is 0 Å². The minimum absolute atomic E-state index is 0.0403. The van der Waals surface area contributed by atoms with E-state index < -0.39 is 0 Å². The lowest BCUT2D eigenvalue weighted by Crippen LogP contribution is -2.31. The fraction of sp³-hybridized carbons (Fsp3) is 0.611. The number of unbranched alkanes of at least 4 members (excludes halogenated alkanes) is 2. The van der Waals surface area contributed by atoms with Crippen molar-refractivity contribution in [3.8, 4) is 11.5 Å². The molecule has 0 heterocycles. The third-order valence-corrected chi connectivity index (χ3v) is 3.31. The summed E-state index contributed by atoms with van der Waals surface area (Å²) < 4.78 is 11.1. The highest BCUT2D eigenvalue weighted by molar-refractivity contribution is 5.77. The second kappa shape index (κ2) is 11.8. The normalized spacial score (nSPS) is 10.6. The van der Waals surface area contributed by atoms with E-state index in [1.54, 1.807) is 0 Å². The van der Waals surface area contributed by atoms with Gasteiger partial charge in [0.2, 0.25) is 0 Å². The predicted molar refractivity (Wildman–Crippen MR) is 93.1 cm³/mol. The van der Waals surface area contributed by atoms with Crippen molar-refractivity contribution in [2.45, 2.75) is 32.6 Å². The summed E-state index contributed by atoms with van der Waals surface area (Å²) in [6.07, 6.45) is 4.38. The highest BCUT2D eigenvalue weighted by atomic mass is 16.5. The lowest BCUT2D eigenvalue weighted by molar-refractivity contribution is -0.123. The van der Waals surface area contributed by atoms with Crippen LogP contribution in [0, 0.1) is 0 Å². The Morgan fingerprint density at radius 3 is 2.30 bits per heavy atom. The molecule has 130 valence electrons. The van der Waals surface area contributed by atoms with Gasteiger partial charge in [0, 0.05) is 6.54 Å². The number of hydrogen-bond acceptors (Lipinski definition) is 4. The van der Waals surface area contributed by atoms with Crippen molar-refractivity contribution in [1.82, 2.24) is 10.2 Å². The molecule has 0 fully saturated rings. The highest BCUT2D eigenvalue weighted by Crippen LogP contribution is 2.17. The van der Waals surface area contributed by atoms with Gasteiger partial charge in [-0.1, -0.05) is 19.8 Å². The Hall–Kier alpha value is -1.75. The molecule has 1 amide bonds. The number of rotatable bonds is 12. The second-order valence-corrected chi connectivity index (χ2v) is 5.82. The maximum atomic E-state index is 11.7. The molecular formula is C18H30N2O3. The molecule has 0 saturated heterocycles. The zero-order valence-electron chi connectivity index (χ0n) is 14.6. The van der Waals surface area contributed by atoms with Crippen molar-refractivity contribution in [2.75, 3.05) is 40.4 Å². The first-order valence-electron chi connectivity index (χ1n) is 8.39. The molecule has 0 aliphatic heterocycles. The molecule has 0 radical (unpaired) electrons. The van der Waals surface area contributed by atoms with Crippen LogP contribution in [0.15, 0.2) is 24.3 Å². The van der Waals surface area contributed by atoms with E-state index >= 15 is 0 Å². The molecule has 0 atom stereocenters. The highest BCUT2D eigenvalue weighted by Gasteiger charge is 2.03. The monoisotopic (exact) mass is 322 g/mol. The van der Waals surface area contributed by atoms with Crippen LogP contribution in [0.25, 0.3) is 0 Å². The Morgan fingerprint density at radius 1 is 1.04 bits per heavy atom. The van der Waals surface area contributed by atoms with Crippen LogP contribution >= 0.6 is 0 Å². The molecular weight excluding hydrogens is 292 g/mol. The molecule has 0 saturated carbocycles. The van der Waals surface area contributed by atoms with Gasteiger partial charge in [0.25, 0.3) is 5.91 Å². The van der Waals surface area contributed by atoms with Gasteiger partial charge < -0.3 is 19.7 Å². The molecule has 0 unspecified atom stereocenters. The van der Waals surface area contributed by atoms with Crippen LogP contribution in [0.5, 0.6) is 11.5 Å². The van der Waals surface area contributed by atoms with Crippen molar-refractivity contribution in [1.29, 1.82) is 0 Å². The summed E-state index contributed by atoms with van der Waals surface area (Å²) >= 11 is 0. The van der Waals surface area contributed by atoms with Gasteiger partial charge in [0.1, 0.15) is 11.5 Å². The van der Waals surface area contributed by atoms with Crippen molar-refractivity contribution in [3.63, 3.8) is 0 Å². The Balaban J connectivity index is 2.18. The number of benzene rings is 1. The SMILES string of the molecule is CCCCCOc1ccc(OCC(=O)NCCCN(C)C)cc1. The average Bonchev–Trinajstić information content (AvgIpc) is 2.54. The van der Waals surface area contributed by atoms with Crippen LogP contribution in [-0.4, -0.2) is 51.2 Å². The number of carbonyl (C=O) groups excluding carboxylic acids is 1. The molecule has 0 spiro atoms. The minimum atomic E-state index is -0.0938. The summed E-state index contributed by atoms with van der Waals surface area (Å²) in [5.74, 6) is 1.42.